The number of rotatable bonds is 5. The van der Waals surface area contributed by atoms with Gasteiger partial charge in [-0.25, -0.2) is 0 Å². The minimum absolute atomic E-state index is 0.213. The first-order chi connectivity index (χ1) is 9.67. The molecule has 1 aliphatic heterocycles. The van der Waals surface area contributed by atoms with E-state index in [0.29, 0.717) is 12.1 Å². The van der Waals surface area contributed by atoms with Crippen LogP contribution in [0.25, 0.3) is 0 Å². The highest BCUT2D eigenvalue weighted by molar-refractivity contribution is 5.66. The van der Waals surface area contributed by atoms with E-state index in [1.54, 1.807) is 0 Å². The molecule has 5 heteroatoms. The fraction of sp³-hybridized carbons (Fsp3) is 0.467. The van der Waals surface area contributed by atoms with Crippen molar-refractivity contribution in [3.05, 3.63) is 35.4 Å². The summed E-state index contributed by atoms with van der Waals surface area (Å²) in [5, 5.41) is 17.6. The van der Waals surface area contributed by atoms with E-state index in [9.17, 15) is 4.79 Å². The molecule has 2 rings (SSSR count). The third-order valence-corrected chi connectivity index (χ3v) is 3.57. The highest BCUT2D eigenvalue weighted by Gasteiger charge is 2.17. The largest absolute Gasteiger partial charge is 0.481 e. The van der Waals surface area contributed by atoms with Crippen LogP contribution in [0.3, 0.4) is 0 Å². The minimum atomic E-state index is -0.735. The van der Waals surface area contributed by atoms with Crippen molar-refractivity contribution in [3.8, 4) is 6.07 Å². The van der Waals surface area contributed by atoms with E-state index < -0.39 is 5.97 Å². The highest BCUT2D eigenvalue weighted by atomic mass is 16.4. The molecule has 1 N–H and O–H groups in total. The summed E-state index contributed by atoms with van der Waals surface area (Å²) in [5.74, 6) is -0.735. The molecule has 1 aliphatic rings. The summed E-state index contributed by atoms with van der Waals surface area (Å²) in [4.78, 5) is 15.1. The maximum Gasteiger partial charge on any atom is 0.304 e. The van der Waals surface area contributed by atoms with Crippen LogP contribution >= 0.6 is 0 Å². The number of piperazine rings is 1. The molecule has 1 aromatic carbocycles. The Morgan fingerprint density at radius 1 is 1.25 bits per heavy atom. The van der Waals surface area contributed by atoms with Gasteiger partial charge in [0.05, 0.1) is 18.1 Å². The second-order valence-electron chi connectivity index (χ2n) is 5.07. The lowest BCUT2D eigenvalue weighted by atomic mass is 10.1. The first-order valence-corrected chi connectivity index (χ1v) is 6.83. The molecule has 20 heavy (non-hydrogen) atoms. The summed E-state index contributed by atoms with van der Waals surface area (Å²) in [5.41, 5.74) is 1.85. The summed E-state index contributed by atoms with van der Waals surface area (Å²) in [6.07, 6.45) is 0.213. The quantitative estimate of drug-likeness (QED) is 0.871. The van der Waals surface area contributed by atoms with E-state index in [-0.39, 0.29) is 6.42 Å². The molecule has 0 aliphatic carbocycles. The number of nitrogens with zero attached hydrogens (tertiary/aromatic N) is 3. The predicted molar refractivity (Wildman–Crippen MR) is 75.1 cm³/mol. The fourth-order valence-corrected chi connectivity index (χ4v) is 2.42. The van der Waals surface area contributed by atoms with Crippen LogP contribution in [-0.2, 0) is 11.3 Å². The van der Waals surface area contributed by atoms with Crippen molar-refractivity contribution >= 4 is 5.97 Å². The van der Waals surface area contributed by atoms with Gasteiger partial charge in [0, 0.05) is 39.3 Å². The standard InChI is InChI=1S/C15H19N3O2/c16-11-13-2-1-3-14(10-13)12-18-8-6-17(7-9-18)5-4-15(19)20/h1-3,10H,4-9,12H2,(H,19,20). The monoisotopic (exact) mass is 273 g/mol. The van der Waals surface area contributed by atoms with Crippen LogP contribution in [0.5, 0.6) is 0 Å². The van der Waals surface area contributed by atoms with Gasteiger partial charge in [0.1, 0.15) is 0 Å². The molecule has 0 radical (unpaired) electrons. The molecule has 0 spiro atoms. The third-order valence-electron chi connectivity index (χ3n) is 3.57. The zero-order valence-electron chi connectivity index (χ0n) is 11.5. The van der Waals surface area contributed by atoms with Crippen molar-refractivity contribution in [3.63, 3.8) is 0 Å². The van der Waals surface area contributed by atoms with Gasteiger partial charge in [-0.2, -0.15) is 5.26 Å². The molecule has 106 valence electrons. The lowest BCUT2D eigenvalue weighted by Gasteiger charge is -2.34. The van der Waals surface area contributed by atoms with Crippen LogP contribution in [-0.4, -0.2) is 53.6 Å². The lowest BCUT2D eigenvalue weighted by molar-refractivity contribution is -0.137. The Bertz CT molecular complexity index is 502. The summed E-state index contributed by atoms with van der Waals surface area (Å²) >= 11 is 0. The van der Waals surface area contributed by atoms with Gasteiger partial charge in [-0.3, -0.25) is 9.69 Å². The van der Waals surface area contributed by atoms with Crippen LogP contribution in [0.2, 0.25) is 0 Å². The maximum atomic E-state index is 10.5. The normalized spacial score (nSPS) is 16.8. The Balaban J connectivity index is 1.79. The topological polar surface area (TPSA) is 67.6 Å². The van der Waals surface area contributed by atoms with Crippen LogP contribution in [0.1, 0.15) is 17.5 Å². The number of carbonyl (C=O) groups is 1. The molecule has 1 fully saturated rings. The van der Waals surface area contributed by atoms with Crippen molar-refractivity contribution in [2.24, 2.45) is 0 Å². The van der Waals surface area contributed by atoms with Gasteiger partial charge in [0.25, 0.3) is 0 Å². The van der Waals surface area contributed by atoms with Crippen molar-refractivity contribution < 1.29 is 9.90 Å². The third kappa shape index (κ3) is 4.34. The number of carboxylic acid groups (broad SMARTS) is 1. The molecule has 0 unspecified atom stereocenters. The minimum Gasteiger partial charge on any atom is -0.481 e. The number of hydrogen-bond donors (Lipinski definition) is 1. The SMILES string of the molecule is N#Cc1cccc(CN2CCN(CCC(=O)O)CC2)c1. The van der Waals surface area contributed by atoms with E-state index in [2.05, 4.69) is 15.9 Å². The van der Waals surface area contributed by atoms with Crippen molar-refractivity contribution in [1.82, 2.24) is 9.80 Å². The van der Waals surface area contributed by atoms with E-state index >= 15 is 0 Å². The summed E-state index contributed by atoms with van der Waals surface area (Å²) < 4.78 is 0. The summed E-state index contributed by atoms with van der Waals surface area (Å²) in [7, 11) is 0. The number of aliphatic carboxylic acids is 1. The molecule has 0 bridgehead atoms. The zero-order chi connectivity index (χ0) is 14.4. The molecule has 1 aromatic rings. The smallest absolute Gasteiger partial charge is 0.304 e. The van der Waals surface area contributed by atoms with Crippen LogP contribution in [0, 0.1) is 11.3 Å². The maximum absolute atomic E-state index is 10.5. The summed E-state index contributed by atoms with van der Waals surface area (Å²) in [6, 6.07) is 9.85. The second-order valence-corrected chi connectivity index (χ2v) is 5.07. The van der Waals surface area contributed by atoms with E-state index in [4.69, 9.17) is 10.4 Å². The molecule has 0 saturated carbocycles. The van der Waals surface area contributed by atoms with Crippen LogP contribution < -0.4 is 0 Å². The van der Waals surface area contributed by atoms with Gasteiger partial charge in [0.2, 0.25) is 0 Å². The molecule has 1 heterocycles. The zero-order valence-corrected chi connectivity index (χ0v) is 11.5. The molecule has 0 atom stereocenters. The number of hydrogen-bond acceptors (Lipinski definition) is 4. The number of carboxylic acids is 1. The Labute approximate surface area is 119 Å². The van der Waals surface area contributed by atoms with Gasteiger partial charge in [0.15, 0.2) is 0 Å². The molecular formula is C15H19N3O2. The Hall–Kier alpha value is -1.90. The van der Waals surface area contributed by atoms with Crippen LogP contribution in [0.4, 0.5) is 0 Å². The molecule has 0 amide bonds. The molecular weight excluding hydrogens is 254 g/mol. The van der Waals surface area contributed by atoms with Gasteiger partial charge >= 0.3 is 5.97 Å². The highest BCUT2D eigenvalue weighted by Crippen LogP contribution is 2.10. The van der Waals surface area contributed by atoms with Crippen molar-refractivity contribution in [1.29, 1.82) is 5.26 Å². The van der Waals surface area contributed by atoms with E-state index in [1.165, 1.54) is 0 Å². The molecule has 1 saturated heterocycles. The Morgan fingerprint density at radius 3 is 2.60 bits per heavy atom. The number of benzene rings is 1. The van der Waals surface area contributed by atoms with E-state index in [0.717, 1.165) is 38.3 Å². The molecule has 5 nitrogen and oxygen atoms in total. The first kappa shape index (κ1) is 14.5. The van der Waals surface area contributed by atoms with Crippen molar-refractivity contribution in [2.75, 3.05) is 32.7 Å². The van der Waals surface area contributed by atoms with Gasteiger partial charge in [-0.05, 0) is 17.7 Å². The average Bonchev–Trinajstić information content (AvgIpc) is 2.47. The van der Waals surface area contributed by atoms with Crippen molar-refractivity contribution in [2.45, 2.75) is 13.0 Å². The molecule has 0 aromatic heterocycles. The number of nitriles is 1. The lowest BCUT2D eigenvalue weighted by Crippen LogP contribution is -2.46. The van der Waals surface area contributed by atoms with Gasteiger partial charge < -0.3 is 10.0 Å². The Kier molecular flexibility index (Phi) is 5.10. The average molecular weight is 273 g/mol. The van der Waals surface area contributed by atoms with Crippen LogP contribution in [0.15, 0.2) is 24.3 Å². The Morgan fingerprint density at radius 2 is 1.95 bits per heavy atom. The second kappa shape index (κ2) is 7.04. The van der Waals surface area contributed by atoms with E-state index in [1.807, 2.05) is 24.3 Å². The predicted octanol–water partition coefficient (Wildman–Crippen LogP) is 1.15. The fourth-order valence-electron chi connectivity index (χ4n) is 2.42. The first-order valence-electron chi connectivity index (χ1n) is 6.83. The summed E-state index contributed by atoms with van der Waals surface area (Å²) in [6.45, 7) is 5.18. The van der Waals surface area contributed by atoms with Gasteiger partial charge in [-0.15, -0.1) is 0 Å². The van der Waals surface area contributed by atoms with Gasteiger partial charge in [-0.1, -0.05) is 12.1 Å².